The van der Waals surface area contributed by atoms with Crippen molar-refractivity contribution in [2.24, 2.45) is 0 Å². The third kappa shape index (κ3) is 2.20. The van der Waals surface area contributed by atoms with Crippen molar-refractivity contribution in [3.63, 3.8) is 0 Å². The zero-order valence-corrected chi connectivity index (χ0v) is 11.4. The van der Waals surface area contributed by atoms with Gasteiger partial charge in [-0.25, -0.2) is 4.39 Å². The Morgan fingerprint density at radius 1 is 1.20 bits per heavy atom. The van der Waals surface area contributed by atoms with Gasteiger partial charge in [-0.2, -0.15) is 0 Å². The van der Waals surface area contributed by atoms with Gasteiger partial charge in [0.2, 0.25) is 0 Å². The minimum atomic E-state index is -0.401. The van der Waals surface area contributed by atoms with Crippen molar-refractivity contribution in [2.75, 3.05) is 0 Å². The maximum Gasteiger partial charge on any atom is 0.150 e. The fraction of sp³-hybridized carbons (Fsp3) is 0.235. The Balaban J connectivity index is 2.07. The molecule has 0 spiro atoms. The fourth-order valence-electron chi connectivity index (χ4n) is 2.67. The quantitative estimate of drug-likeness (QED) is 0.770. The van der Waals surface area contributed by atoms with Crippen molar-refractivity contribution in [1.29, 1.82) is 0 Å². The smallest absolute Gasteiger partial charge is 0.150 e. The minimum absolute atomic E-state index is 0.197. The molecule has 1 aliphatic heterocycles. The van der Waals surface area contributed by atoms with Crippen LogP contribution in [0.2, 0.25) is 0 Å². The average Bonchev–Trinajstić information content (AvgIpc) is 2.71. The van der Waals surface area contributed by atoms with Crippen molar-refractivity contribution < 1.29 is 13.9 Å². The van der Waals surface area contributed by atoms with Gasteiger partial charge in [-0.05, 0) is 54.8 Å². The van der Waals surface area contributed by atoms with Crippen LogP contribution in [0.3, 0.4) is 0 Å². The van der Waals surface area contributed by atoms with Crippen LogP contribution in [0.5, 0.6) is 5.75 Å². The van der Waals surface area contributed by atoms with Crippen LogP contribution >= 0.6 is 0 Å². The summed E-state index contributed by atoms with van der Waals surface area (Å²) >= 11 is 0. The van der Waals surface area contributed by atoms with Crippen molar-refractivity contribution in [3.05, 3.63) is 53.3 Å². The Morgan fingerprint density at radius 2 is 2.00 bits per heavy atom. The van der Waals surface area contributed by atoms with Gasteiger partial charge in [-0.1, -0.05) is 12.1 Å². The molecule has 2 nitrogen and oxygen atoms in total. The zero-order chi connectivity index (χ0) is 14.3. The molecule has 2 aromatic carbocycles. The van der Waals surface area contributed by atoms with Crippen molar-refractivity contribution >= 4 is 6.29 Å². The van der Waals surface area contributed by atoms with Crippen molar-refractivity contribution in [3.8, 4) is 16.9 Å². The zero-order valence-electron chi connectivity index (χ0n) is 11.4. The van der Waals surface area contributed by atoms with E-state index in [1.165, 1.54) is 12.1 Å². The molecule has 0 atom stereocenters. The highest BCUT2D eigenvalue weighted by Gasteiger charge is 2.30. The van der Waals surface area contributed by atoms with Crippen LogP contribution in [-0.4, -0.2) is 11.9 Å². The molecule has 0 radical (unpaired) electrons. The van der Waals surface area contributed by atoms with Crippen LogP contribution in [0, 0.1) is 5.82 Å². The molecule has 0 fully saturated rings. The lowest BCUT2D eigenvalue weighted by Gasteiger charge is -2.16. The van der Waals surface area contributed by atoms with Crippen LogP contribution in [0.1, 0.15) is 29.8 Å². The summed E-state index contributed by atoms with van der Waals surface area (Å²) in [5.41, 5.74) is 2.94. The molecule has 0 aliphatic carbocycles. The molecule has 0 saturated carbocycles. The van der Waals surface area contributed by atoms with Gasteiger partial charge in [0, 0.05) is 12.0 Å². The Kier molecular flexibility index (Phi) is 2.85. The number of hydrogen-bond acceptors (Lipinski definition) is 2. The van der Waals surface area contributed by atoms with Gasteiger partial charge in [0.05, 0.1) is 0 Å². The molecule has 1 aliphatic rings. The van der Waals surface area contributed by atoms with E-state index in [9.17, 15) is 9.18 Å². The van der Waals surface area contributed by atoms with E-state index in [1.54, 1.807) is 6.07 Å². The molecule has 0 saturated heterocycles. The Labute approximate surface area is 117 Å². The summed E-state index contributed by atoms with van der Waals surface area (Å²) < 4.78 is 19.0. The molecule has 1 heterocycles. The Morgan fingerprint density at radius 3 is 2.75 bits per heavy atom. The summed E-state index contributed by atoms with van der Waals surface area (Å²) in [5.74, 6) is 0.481. The summed E-state index contributed by atoms with van der Waals surface area (Å²) in [6.07, 6.45) is 1.51. The summed E-state index contributed by atoms with van der Waals surface area (Å²) in [4.78, 5) is 11.1. The summed E-state index contributed by atoms with van der Waals surface area (Å²) in [6.45, 7) is 4.09. The first-order valence-electron chi connectivity index (χ1n) is 6.55. The highest BCUT2D eigenvalue weighted by atomic mass is 19.1. The first-order valence-corrected chi connectivity index (χ1v) is 6.55. The van der Waals surface area contributed by atoms with Crippen LogP contribution < -0.4 is 4.74 Å². The first-order chi connectivity index (χ1) is 9.48. The molecule has 0 amide bonds. The highest BCUT2D eigenvalue weighted by Crippen LogP contribution is 2.37. The average molecular weight is 270 g/mol. The van der Waals surface area contributed by atoms with Gasteiger partial charge < -0.3 is 4.74 Å². The monoisotopic (exact) mass is 270 g/mol. The predicted octanol–water partition coefficient (Wildman–Crippen LogP) is 4.02. The predicted molar refractivity (Wildman–Crippen MR) is 75.6 cm³/mol. The number of ether oxygens (including phenoxy) is 1. The minimum Gasteiger partial charge on any atom is -0.487 e. The highest BCUT2D eigenvalue weighted by molar-refractivity contribution is 5.87. The maximum absolute atomic E-state index is 13.2. The van der Waals surface area contributed by atoms with Gasteiger partial charge in [-0.15, -0.1) is 0 Å². The normalized spacial score (nSPS) is 15.6. The molecule has 3 heteroatoms. The van der Waals surface area contributed by atoms with Crippen LogP contribution in [0.4, 0.5) is 4.39 Å². The molecule has 2 aromatic rings. The summed E-state index contributed by atoms with van der Waals surface area (Å²) in [7, 11) is 0. The maximum atomic E-state index is 13.2. The molecular formula is C17H15FO2. The van der Waals surface area contributed by atoms with E-state index in [4.69, 9.17) is 4.74 Å². The number of carbonyl (C=O) groups is 1. The lowest BCUT2D eigenvalue weighted by atomic mass is 9.95. The second kappa shape index (κ2) is 4.44. The van der Waals surface area contributed by atoms with E-state index in [0.29, 0.717) is 11.8 Å². The largest absolute Gasteiger partial charge is 0.487 e. The Bertz CT molecular complexity index is 689. The van der Waals surface area contributed by atoms with Crippen LogP contribution in [-0.2, 0) is 6.42 Å². The molecule has 0 bridgehead atoms. The molecule has 102 valence electrons. The lowest BCUT2D eigenvalue weighted by Crippen LogP contribution is -2.24. The topological polar surface area (TPSA) is 26.3 Å². The second-order valence-corrected chi connectivity index (χ2v) is 5.71. The second-order valence-electron chi connectivity index (χ2n) is 5.71. The van der Waals surface area contributed by atoms with Gasteiger partial charge in [0.25, 0.3) is 0 Å². The Hall–Kier alpha value is -2.16. The van der Waals surface area contributed by atoms with E-state index in [2.05, 4.69) is 0 Å². The number of carbonyl (C=O) groups excluding carboxylic acids is 1. The number of rotatable bonds is 2. The summed E-state index contributed by atoms with van der Waals surface area (Å²) in [5, 5.41) is 0. The van der Waals surface area contributed by atoms with E-state index >= 15 is 0 Å². The third-order valence-corrected chi connectivity index (χ3v) is 3.51. The number of benzene rings is 2. The molecule has 0 unspecified atom stereocenters. The number of fused-ring (bicyclic) bond motifs is 1. The molecule has 3 rings (SSSR count). The molecule has 0 N–H and O–H groups in total. The lowest BCUT2D eigenvalue weighted by molar-refractivity contribution is 0.112. The van der Waals surface area contributed by atoms with E-state index in [-0.39, 0.29) is 5.60 Å². The molecular weight excluding hydrogens is 255 g/mol. The SMILES string of the molecule is CC1(C)Cc2cc(-c3ccc(F)cc3C=O)ccc2O1. The van der Waals surface area contributed by atoms with Crippen molar-refractivity contribution in [1.82, 2.24) is 0 Å². The van der Waals surface area contributed by atoms with Gasteiger partial charge >= 0.3 is 0 Å². The van der Waals surface area contributed by atoms with E-state index in [1.807, 2.05) is 32.0 Å². The van der Waals surface area contributed by atoms with Gasteiger partial charge in [0.15, 0.2) is 6.29 Å². The van der Waals surface area contributed by atoms with Gasteiger partial charge in [-0.3, -0.25) is 4.79 Å². The van der Waals surface area contributed by atoms with Crippen LogP contribution in [0.15, 0.2) is 36.4 Å². The third-order valence-electron chi connectivity index (χ3n) is 3.51. The van der Waals surface area contributed by atoms with E-state index < -0.39 is 5.82 Å². The van der Waals surface area contributed by atoms with Crippen molar-refractivity contribution in [2.45, 2.75) is 25.9 Å². The number of aldehydes is 1. The van der Waals surface area contributed by atoms with E-state index in [0.717, 1.165) is 28.9 Å². The standard InChI is InChI=1S/C17H15FO2/c1-17(2)9-12-7-11(3-6-16(12)20-17)15-5-4-14(18)8-13(15)10-19/h3-8,10H,9H2,1-2H3. The molecule has 20 heavy (non-hydrogen) atoms. The van der Waals surface area contributed by atoms with Crippen LogP contribution in [0.25, 0.3) is 11.1 Å². The summed E-state index contributed by atoms with van der Waals surface area (Å²) in [6, 6.07) is 10.1. The van der Waals surface area contributed by atoms with Gasteiger partial charge in [0.1, 0.15) is 17.2 Å². The fourth-order valence-corrected chi connectivity index (χ4v) is 2.67. The molecule has 0 aromatic heterocycles. The number of halogens is 1. The first kappa shape index (κ1) is 12.9. The number of hydrogen-bond donors (Lipinski definition) is 0.